The molecule has 0 amide bonds. The Balaban J connectivity index is 2.36. The second kappa shape index (κ2) is 5.22. The maximum atomic E-state index is 12.7. The summed E-state index contributed by atoms with van der Waals surface area (Å²) in [6.45, 7) is 4.32. The molecule has 1 unspecified atom stereocenters. The standard InChI is InChI=1S/C12H21N3O3S/c1-9-12(10(2)14(3)13-9)19(17,18)15-7-4-5-11(16)6-8-15/h11,16H,4-8H2,1-3H3. The van der Waals surface area contributed by atoms with Gasteiger partial charge in [0.1, 0.15) is 4.90 Å². The van der Waals surface area contributed by atoms with Gasteiger partial charge in [-0.1, -0.05) is 0 Å². The van der Waals surface area contributed by atoms with E-state index in [-0.39, 0.29) is 0 Å². The van der Waals surface area contributed by atoms with Crippen molar-refractivity contribution in [1.29, 1.82) is 0 Å². The van der Waals surface area contributed by atoms with Gasteiger partial charge in [-0.05, 0) is 33.1 Å². The van der Waals surface area contributed by atoms with Crippen molar-refractivity contribution in [2.75, 3.05) is 13.1 Å². The second-order valence-electron chi connectivity index (χ2n) is 5.11. The van der Waals surface area contributed by atoms with E-state index in [0.29, 0.717) is 48.6 Å². The summed E-state index contributed by atoms with van der Waals surface area (Å²) in [6.07, 6.45) is 1.46. The summed E-state index contributed by atoms with van der Waals surface area (Å²) < 4.78 is 28.4. The first-order chi connectivity index (χ1) is 8.84. The van der Waals surface area contributed by atoms with E-state index in [1.165, 1.54) is 4.31 Å². The summed E-state index contributed by atoms with van der Waals surface area (Å²) in [7, 11) is -1.77. The van der Waals surface area contributed by atoms with Crippen molar-refractivity contribution >= 4 is 10.0 Å². The number of aliphatic hydroxyl groups is 1. The molecule has 1 N–H and O–H groups in total. The number of hydrogen-bond acceptors (Lipinski definition) is 4. The summed E-state index contributed by atoms with van der Waals surface area (Å²) in [4.78, 5) is 0.311. The predicted molar refractivity (Wildman–Crippen MR) is 71.3 cm³/mol. The minimum Gasteiger partial charge on any atom is -0.393 e. The van der Waals surface area contributed by atoms with Gasteiger partial charge in [0, 0.05) is 20.1 Å². The first-order valence-electron chi connectivity index (χ1n) is 6.52. The summed E-state index contributed by atoms with van der Waals surface area (Å²) >= 11 is 0. The highest BCUT2D eigenvalue weighted by molar-refractivity contribution is 7.89. The van der Waals surface area contributed by atoms with Crippen molar-refractivity contribution in [2.45, 2.75) is 44.1 Å². The molecule has 1 saturated heterocycles. The summed E-state index contributed by atoms with van der Waals surface area (Å²) in [5.41, 5.74) is 1.19. The molecule has 1 aromatic heterocycles. The third-order valence-corrected chi connectivity index (χ3v) is 5.85. The molecule has 0 radical (unpaired) electrons. The topological polar surface area (TPSA) is 75.4 Å². The van der Waals surface area contributed by atoms with Crippen LogP contribution in [-0.4, -0.2) is 46.8 Å². The zero-order chi connectivity index (χ0) is 14.2. The lowest BCUT2D eigenvalue weighted by molar-refractivity contribution is 0.159. The SMILES string of the molecule is Cc1nn(C)c(C)c1S(=O)(=O)N1CCCC(O)CC1. The molecular formula is C12H21N3O3S. The highest BCUT2D eigenvalue weighted by Gasteiger charge is 2.31. The van der Waals surface area contributed by atoms with Gasteiger partial charge in [-0.25, -0.2) is 8.42 Å². The van der Waals surface area contributed by atoms with E-state index in [4.69, 9.17) is 0 Å². The number of aromatic nitrogens is 2. The first-order valence-corrected chi connectivity index (χ1v) is 7.96. The van der Waals surface area contributed by atoms with E-state index in [1.807, 2.05) is 0 Å². The van der Waals surface area contributed by atoms with Gasteiger partial charge in [-0.3, -0.25) is 4.68 Å². The van der Waals surface area contributed by atoms with Gasteiger partial charge in [0.2, 0.25) is 10.0 Å². The summed E-state index contributed by atoms with van der Waals surface area (Å²) in [6, 6.07) is 0. The summed E-state index contributed by atoms with van der Waals surface area (Å²) in [5.74, 6) is 0. The zero-order valence-electron chi connectivity index (χ0n) is 11.6. The largest absolute Gasteiger partial charge is 0.393 e. The van der Waals surface area contributed by atoms with E-state index in [2.05, 4.69) is 5.10 Å². The average Bonchev–Trinajstić information content (AvgIpc) is 2.51. The number of sulfonamides is 1. The van der Waals surface area contributed by atoms with Crippen LogP contribution in [0.5, 0.6) is 0 Å². The highest BCUT2D eigenvalue weighted by Crippen LogP contribution is 2.25. The molecule has 0 spiro atoms. The third kappa shape index (κ3) is 2.68. The van der Waals surface area contributed by atoms with Crippen LogP contribution in [0.4, 0.5) is 0 Å². The molecule has 2 rings (SSSR count). The first kappa shape index (κ1) is 14.5. The van der Waals surface area contributed by atoms with Gasteiger partial charge in [-0.2, -0.15) is 9.40 Å². The van der Waals surface area contributed by atoms with Crippen LogP contribution in [0.15, 0.2) is 4.90 Å². The molecule has 6 nitrogen and oxygen atoms in total. The third-order valence-electron chi connectivity index (χ3n) is 3.70. The van der Waals surface area contributed by atoms with Crippen LogP contribution in [0.1, 0.15) is 30.7 Å². The van der Waals surface area contributed by atoms with Crippen molar-refractivity contribution < 1.29 is 13.5 Å². The molecular weight excluding hydrogens is 266 g/mol. The second-order valence-corrected chi connectivity index (χ2v) is 6.99. The molecule has 7 heteroatoms. The molecule has 1 aromatic rings. The smallest absolute Gasteiger partial charge is 0.246 e. The minimum atomic E-state index is -3.51. The van der Waals surface area contributed by atoms with Gasteiger partial charge >= 0.3 is 0 Å². The van der Waals surface area contributed by atoms with Crippen molar-refractivity contribution in [1.82, 2.24) is 14.1 Å². The Morgan fingerprint density at radius 1 is 1.26 bits per heavy atom. The lowest BCUT2D eigenvalue weighted by Crippen LogP contribution is -2.33. The summed E-state index contributed by atoms with van der Waals surface area (Å²) in [5, 5.41) is 13.8. The number of hydrogen-bond donors (Lipinski definition) is 1. The van der Waals surface area contributed by atoms with Crippen LogP contribution in [0.3, 0.4) is 0 Å². The predicted octanol–water partition coefficient (Wildman–Crippen LogP) is 0.572. The van der Waals surface area contributed by atoms with Crippen LogP contribution in [-0.2, 0) is 17.1 Å². The Bertz CT molecular complexity index is 565. The lowest BCUT2D eigenvalue weighted by atomic mass is 10.2. The van der Waals surface area contributed by atoms with E-state index in [0.717, 1.165) is 0 Å². The molecule has 0 bridgehead atoms. The number of aryl methyl sites for hydroxylation is 2. The molecule has 0 aliphatic carbocycles. The van der Waals surface area contributed by atoms with E-state index in [1.54, 1.807) is 25.6 Å². The Hall–Kier alpha value is -0.920. The molecule has 0 aromatic carbocycles. The molecule has 1 atom stereocenters. The highest BCUT2D eigenvalue weighted by atomic mass is 32.2. The maximum Gasteiger partial charge on any atom is 0.246 e. The molecule has 108 valence electrons. The fourth-order valence-electron chi connectivity index (χ4n) is 2.55. The monoisotopic (exact) mass is 287 g/mol. The van der Waals surface area contributed by atoms with Gasteiger partial charge in [0.25, 0.3) is 0 Å². The van der Waals surface area contributed by atoms with Crippen LogP contribution in [0.25, 0.3) is 0 Å². The van der Waals surface area contributed by atoms with Gasteiger partial charge in [0.15, 0.2) is 0 Å². The Morgan fingerprint density at radius 3 is 2.53 bits per heavy atom. The van der Waals surface area contributed by atoms with E-state index in [9.17, 15) is 13.5 Å². The van der Waals surface area contributed by atoms with Crippen molar-refractivity contribution in [2.24, 2.45) is 7.05 Å². The van der Waals surface area contributed by atoms with Gasteiger partial charge in [0.05, 0.1) is 17.5 Å². The van der Waals surface area contributed by atoms with Crippen molar-refractivity contribution in [3.8, 4) is 0 Å². The van der Waals surface area contributed by atoms with Gasteiger partial charge < -0.3 is 5.11 Å². The number of nitrogens with zero attached hydrogens (tertiary/aromatic N) is 3. The van der Waals surface area contributed by atoms with Crippen LogP contribution in [0.2, 0.25) is 0 Å². The van der Waals surface area contributed by atoms with E-state index >= 15 is 0 Å². The molecule has 1 aliphatic rings. The Kier molecular flexibility index (Phi) is 3.98. The van der Waals surface area contributed by atoms with Crippen LogP contribution >= 0.6 is 0 Å². The average molecular weight is 287 g/mol. The fraction of sp³-hybridized carbons (Fsp3) is 0.750. The molecule has 1 fully saturated rings. The molecule has 0 saturated carbocycles. The maximum absolute atomic E-state index is 12.7. The zero-order valence-corrected chi connectivity index (χ0v) is 12.4. The minimum absolute atomic E-state index is 0.311. The molecule has 2 heterocycles. The Morgan fingerprint density at radius 2 is 1.95 bits per heavy atom. The quantitative estimate of drug-likeness (QED) is 0.863. The van der Waals surface area contributed by atoms with Crippen molar-refractivity contribution in [3.05, 3.63) is 11.4 Å². The number of aliphatic hydroxyl groups excluding tert-OH is 1. The lowest BCUT2D eigenvalue weighted by Gasteiger charge is -2.20. The fourth-order valence-corrected chi connectivity index (χ4v) is 4.44. The van der Waals surface area contributed by atoms with Crippen LogP contribution in [0, 0.1) is 13.8 Å². The number of rotatable bonds is 2. The Labute approximate surface area is 114 Å². The van der Waals surface area contributed by atoms with E-state index < -0.39 is 16.1 Å². The normalized spacial score (nSPS) is 22.4. The molecule has 1 aliphatic heterocycles. The van der Waals surface area contributed by atoms with Crippen molar-refractivity contribution in [3.63, 3.8) is 0 Å². The molecule has 19 heavy (non-hydrogen) atoms. The van der Waals surface area contributed by atoms with Gasteiger partial charge in [-0.15, -0.1) is 0 Å². The van der Waals surface area contributed by atoms with Crippen LogP contribution < -0.4 is 0 Å².